The molecule has 13 heavy (non-hydrogen) atoms. The predicted molar refractivity (Wildman–Crippen MR) is 52.1 cm³/mol. The van der Waals surface area contributed by atoms with E-state index in [0.717, 1.165) is 10.4 Å². The molecule has 0 radical (unpaired) electrons. The summed E-state index contributed by atoms with van der Waals surface area (Å²) in [6.07, 6.45) is 2.43. The van der Waals surface area contributed by atoms with Crippen molar-refractivity contribution >= 4 is 22.9 Å². The average Bonchev–Trinajstić information content (AvgIpc) is 2.72. The second-order valence-corrected chi connectivity index (χ2v) is 4.35. The molecule has 0 saturated carbocycles. The van der Waals surface area contributed by atoms with Gasteiger partial charge in [0, 0.05) is 10.4 Å². The van der Waals surface area contributed by atoms with Crippen LogP contribution in [0, 0.1) is 0 Å². The van der Waals surface area contributed by atoms with E-state index in [-0.39, 0.29) is 0 Å². The van der Waals surface area contributed by atoms with Crippen molar-refractivity contribution in [2.24, 2.45) is 0 Å². The molecule has 2 nitrogen and oxygen atoms in total. The van der Waals surface area contributed by atoms with E-state index in [1.165, 1.54) is 23.9 Å². The normalized spacial score (nSPS) is 13.1. The van der Waals surface area contributed by atoms with E-state index in [2.05, 4.69) is 0 Å². The Morgan fingerprint density at radius 3 is 2.77 bits per heavy atom. The van der Waals surface area contributed by atoms with Crippen LogP contribution in [0.15, 0.2) is 35.1 Å². The van der Waals surface area contributed by atoms with Crippen LogP contribution in [-0.4, -0.2) is 5.11 Å². The highest BCUT2D eigenvalue weighted by molar-refractivity contribution is 7.16. The van der Waals surface area contributed by atoms with Gasteiger partial charge in [0.25, 0.3) is 0 Å². The molecule has 68 valence electrons. The molecule has 2 aromatic heterocycles. The maximum absolute atomic E-state index is 9.79. The Morgan fingerprint density at radius 2 is 2.23 bits per heavy atom. The Balaban J connectivity index is 2.28. The molecular formula is C9H7ClO2S. The minimum Gasteiger partial charge on any atom is -0.472 e. The van der Waals surface area contributed by atoms with E-state index in [1.54, 1.807) is 12.1 Å². The molecule has 0 fully saturated rings. The summed E-state index contributed by atoms with van der Waals surface area (Å²) in [5, 5.41) is 9.79. The molecule has 0 spiro atoms. The van der Waals surface area contributed by atoms with Crippen LogP contribution in [0.4, 0.5) is 0 Å². The zero-order valence-electron chi connectivity index (χ0n) is 6.61. The van der Waals surface area contributed by atoms with Gasteiger partial charge in [-0.2, -0.15) is 0 Å². The van der Waals surface area contributed by atoms with Gasteiger partial charge in [0.1, 0.15) is 6.10 Å². The van der Waals surface area contributed by atoms with Crippen molar-refractivity contribution in [1.82, 2.24) is 0 Å². The minimum atomic E-state index is -0.628. The molecule has 0 aromatic carbocycles. The number of halogens is 1. The molecule has 0 saturated heterocycles. The van der Waals surface area contributed by atoms with Crippen LogP contribution < -0.4 is 0 Å². The maximum atomic E-state index is 9.79. The third-order valence-electron chi connectivity index (χ3n) is 1.72. The molecule has 2 heterocycles. The fraction of sp³-hybridized carbons (Fsp3) is 0.111. The second-order valence-electron chi connectivity index (χ2n) is 2.60. The van der Waals surface area contributed by atoms with Crippen molar-refractivity contribution < 1.29 is 9.52 Å². The van der Waals surface area contributed by atoms with Gasteiger partial charge in [-0.1, -0.05) is 11.6 Å². The lowest BCUT2D eigenvalue weighted by atomic mass is 10.2. The predicted octanol–water partition coefficient (Wildman–Crippen LogP) is 3.08. The van der Waals surface area contributed by atoms with Crippen molar-refractivity contribution in [3.63, 3.8) is 0 Å². The first kappa shape index (κ1) is 8.81. The zero-order chi connectivity index (χ0) is 9.26. The second kappa shape index (κ2) is 3.54. The molecule has 4 heteroatoms. The van der Waals surface area contributed by atoms with Crippen LogP contribution in [-0.2, 0) is 0 Å². The summed E-state index contributed by atoms with van der Waals surface area (Å²) >= 11 is 7.12. The molecule has 0 aliphatic carbocycles. The Morgan fingerprint density at radius 1 is 1.38 bits per heavy atom. The van der Waals surface area contributed by atoms with E-state index >= 15 is 0 Å². The van der Waals surface area contributed by atoms with Crippen LogP contribution in [0.1, 0.15) is 16.5 Å². The molecule has 1 atom stereocenters. The molecule has 2 rings (SSSR count). The largest absolute Gasteiger partial charge is 0.472 e. The van der Waals surface area contributed by atoms with Gasteiger partial charge in [0.2, 0.25) is 0 Å². The molecule has 0 aliphatic heterocycles. The summed E-state index contributed by atoms with van der Waals surface area (Å²) in [6.45, 7) is 0. The smallest absolute Gasteiger partial charge is 0.116 e. The van der Waals surface area contributed by atoms with Gasteiger partial charge in [-0.3, -0.25) is 0 Å². The van der Waals surface area contributed by atoms with E-state index < -0.39 is 6.10 Å². The third-order valence-corrected chi connectivity index (χ3v) is 3.01. The van der Waals surface area contributed by atoms with Crippen LogP contribution in [0.3, 0.4) is 0 Å². The summed E-state index contributed by atoms with van der Waals surface area (Å²) in [5.41, 5.74) is 0.749. The monoisotopic (exact) mass is 214 g/mol. The van der Waals surface area contributed by atoms with E-state index in [0.29, 0.717) is 4.34 Å². The minimum absolute atomic E-state index is 0.628. The standard InChI is InChI=1S/C9H7ClO2S/c10-8-2-1-7(13-8)9(11)6-3-4-12-5-6/h1-5,9,11H. The zero-order valence-corrected chi connectivity index (χ0v) is 8.18. The molecule has 0 bridgehead atoms. The van der Waals surface area contributed by atoms with E-state index in [9.17, 15) is 5.11 Å². The Labute approximate surface area is 84.4 Å². The third kappa shape index (κ3) is 1.77. The summed E-state index contributed by atoms with van der Waals surface area (Å²) in [5.74, 6) is 0. The lowest BCUT2D eigenvalue weighted by molar-refractivity contribution is 0.223. The van der Waals surface area contributed by atoms with Crippen LogP contribution in [0.5, 0.6) is 0 Å². The van der Waals surface area contributed by atoms with Gasteiger partial charge in [-0.05, 0) is 18.2 Å². The highest BCUT2D eigenvalue weighted by Gasteiger charge is 2.13. The van der Waals surface area contributed by atoms with Crippen molar-refractivity contribution in [3.8, 4) is 0 Å². The molecular weight excluding hydrogens is 208 g/mol. The number of aliphatic hydroxyl groups is 1. The first-order chi connectivity index (χ1) is 6.27. The maximum Gasteiger partial charge on any atom is 0.116 e. The van der Waals surface area contributed by atoms with Gasteiger partial charge in [0.05, 0.1) is 16.9 Å². The van der Waals surface area contributed by atoms with Crippen LogP contribution in [0.2, 0.25) is 4.34 Å². The number of furan rings is 1. The summed E-state index contributed by atoms with van der Waals surface area (Å²) < 4.78 is 5.55. The van der Waals surface area contributed by atoms with Crippen molar-refractivity contribution in [1.29, 1.82) is 0 Å². The topological polar surface area (TPSA) is 33.4 Å². The van der Waals surface area contributed by atoms with Gasteiger partial charge in [0.15, 0.2) is 0 Å². The van der Waals surface area contributed by atoms with Crippen molar-refractivity contribution in [3.05, 3.63) is 45.5 Å². The fourth-order valence-corrected chi connectivity index (χ4v) is 2.15. The quantitative estimate of drug-likeness (QED) is 0.834. The van der Waals surface area contributed by atoms with Crippen molar-refractivity contribution in [2.75, 3.05) is 0 Å². The molecule has 1 N–H and O–H groups in total. The lowest BCUT2D eigenvalue weighted by Gasteiger charge is -2.03. The van der Waals surface area contributed by atoms with Crippen LogP contribution in [0.25, 0.3) is 0 Å². The van der Waals surface area contributed by atoms with Crippen LogP contribution >= 0.6 is 22.9 Å². The molecule has 0 amide bonds. The van der Waals surface area contributed by atoms with Gasteiger partial charge < -0.3 is 9.52 Å². The number of rotatable bonds is 2. The lowest BCUT2D eigenvalue weighted by Crippen LogP contribution is -1.93. The Hall–Kier alpha value is -0.770. The van der Waals surface area contributed by atoms with E-state index in [1.807, 2.05) is 6.07 Å². The Kier molecular flexibility index (Phi) is 2.40. The number of hydrogen-bond acceptors (Lipinski definition) is 3. The molecule has 1 unspecified atom stereocenters. The molecule has 0 aliphatic rings. The number of thiophene rings is 1. The summed E-state index contributed by atoms with van der Waals surface area (Å²) in [7, 11) is 0. The highest BCUT2D eigenvalue weighted by atomic mass is 35.5. The fourth-order valence-electron chi connectivity index (χ4n) is 1.07. The van der Waals surface area contributed by atoms with Gasteiger partial charge in [-0.25, -0.2) is 0 Å². The molecule has 2 aromatic rings. The number of hydrogen-bond donors (Lipinski definition) is 1. The van der Waals surface area contributed by atoms with Gasteiger partial charge >= 0.3 is 0 Å². The average molecular weight is 215 g/mol. The summed E-state index contributed by atoms with van der Waals surface area (Å²) in [4.78, 5) is 0.825. The SMILES string of the molecule is OC(c1ccoc1)c1ccc(Cl)s1. The number of aliphatic hydroxyl groups excluding tert-OH is 1. The first-order valence-corrected chi connectivity index (χ1v) is 4.92. The highest BCUT2D eigenvalue weighted by Crippen LogP contribution is 2.30. The van der Waals surface area contributed by atoms with Gasteiger partial charge in [-0.15, -0.1) is 11.3 Å². The van der Waals surface area contributed by atoms with E-state index in [4.69, 9.17) is 16.0 Å². The van der Waals surface area contributed by atoms with Crippen molar-refractivity contribution in [2.45, 2.75) is 6.10 Å². The summed E-state index contributed by atoms with van der Waals surface area (Å²) in [6, 6.07) is 5.31. The first-order valence-electron chi connectivity index (χ1n) is 3.73. The Bertz CT molecular complexity index is 380.